The summed E-state index contributed by atoms with van der Waals surface area (Å²) in [7, 11) is 1.56. The minimum absolute atomic E-state index is 0.292. The summed E-state index contributed by atoms with van der Waals surface area (Å²) in [5, 5.41) is 12.6. The minimum Gasteiger partial charge on any atom is -0.481 e. The highest BCUT2D eigenvalue weighted by Crippen LogP contribution is 2.32. The van der Waals surface area contributed by atoms with Crippen LogP contribution in [0.2, 0.25) is 0 Å². The van der Waals surface area contributed by atoms with Crippen molar-refractivity contribution in [3.63, 3.8) is 0 Å². The summed E-state index contributed by atoms with van der Waals surface area (Å²) >= 11 is 0. The number of aliphatic hydroxyl groups is 1. The van der Waals surface area contributed by atoms with Gasteiger partial charge in [-0.15, -0.1) is 0 Å². The normalized spacial score (nSPS) is 17.2. The van der Waals surface area contributed by atoms with E-state index in [1.54, 1.807) is 19.4 Å². The molecule has 0 aliphatic heterocycles. The van der Waals surface area contributed by atoms with Gasteiger partial charge in [0, 0.05) is 18.8 Å². The molecule has 0 bridgehead atoms. The fraction of sp³-hybridized carbons (Fsp3) is 0.600. The molecule has 0 radical (unpaired) electrons. The third kappa shape index (κ3) is 2.79. The van der Waals surface area contributed by atoms with Crippen LogP contribution in [0.1, 0.15) is 12.8 Å². The Morgan fingerprint density at radius 1 is 1.67 bits per heavy atom. The highest BCUT2D eigenvalue weighted by molar-refractivity contribution is 5.27. The van der Waals surface area contributed by atoms with Crippen molar-refractivity contribution in [1.29, 1.82) is 0 Å². The lowest BCUT2D eigenvalue weighted by atomic mass is 10.2. The standard InChI is InChI=1S/C10H15N3O2/c1-15-9-4-5-11-10(13-9)12-6-8(14)7-2-3-7/h4-5,7-8,14H,2-3,6H2,1H3,(H,11,12,13). The van der Waals surface area contributed by atoms with Gasteiger partial charge < -0.3 is 15.2 Å². The van der Waals surface area contributed by atoms with Crippen LogP contribution in [0.5, 0.6) is 5.88 Å². The second kappa shape index (κ2) is 4.44. The molecular formula is C10H15N3O2. The Morgan fingerprint density at radius 3 is 3.13 bits per heavy atom. The average molecular weight is 209 g/mol. The second-order valence-electron chi connectivity index (χ2n) is 3.71. The van der Waals surface area contributed by atoms with Gasteiger partial charge in [0.1, 0.15) is 0 Å². The van der Waals surface area contributed by atoms with E-state index in [1.165, 1.54) is 0 Å². The van der Waals surface area contributed by atoms with Crippen LogP contribution in [0.3, 0.4) is 0 Å². The van der Waals surface area contributed by atoms with E-state index < -0.39 is 0 Å². The number of nitrogens with one attached hydrogen (secondary N) is 1. The van der Waals surface area contributed by atoms with Crippen LogP contribution < -0.4 is 10.1 Å². The summed E-state index contributed by atoms with van der Waals surface area (Å²) in [6.45, 7) is 0.498. The molecule has 82 valence electrons. The lowest BCUT2D eigenvalue weighted by Gasteiger charge is -2.10. The average Bonchev–Trinajstić information content (AvgIpc) is 3.10. The first kappa shape index (κ1) is 10.2. The number of aromatic nitrogens is 2. The van der Waals surface area contributed by atoms with Crippen molar-refractivity contribution in [2.75, 3.05) is 19.0 Å². The van der Waals surface area contributed by atoms with Gasteiger partial charge in [0.2, 0.25) is 11.8 Å². The van der Waals surface area contributed by atoms with E-state index >= 15 is 0 Å². The molecule has 1 aromatic heterocycles. The molecule has 1 unspecified atom stereocenters. The van der Waals surface area contributed by atoms with E-state index in [9.17, 15) is 5.11 Å². The molecule has 0 saturated heterocycles. The van der Waals surface area contributed by atoms with Crippen molar-refractivity contribution in [3.05, 3.63) is 12.3 Å². The molecule has 2 rings (SSSR count). The van der Waals surface area contributed by atoms with Crippen LogP contribution in [-0.4, -0.2) is 34.8 Å². The minimum atomic E-state index is -0.292. The molecule has 1 aliphatic carbocycles. The van der Waals surface area contributed by atoms with E-state index in [4.69, 9.17) is 4.74 Å². The first-order valence-corrected chi connectivity index (χ1v) is 5.08. The molecule has 1 saturated carbocycles. The van der Waals surface area contributed by atoms with Crippen molar-refractivity contribution in [3.8, 4) is 5.88 Å². The fourth-order valence-electron chi connectivity index (χ4n) is 1.38. The molecule has 1 atom stereocenters. The zero-order valence-electron chi connectivity index (χ0n) is 8.68. The van der Waals surface area contributed by atoms with Crippen LogP contribution in [0.15, 0.2) is 12.3 Å². The number of methoxy groups -OCH3 is 1. The number of nitrogens with zero attached hydrogens (tertiary/aromatic N) is 2. The first-order chi connectivity index (χ1) is 7.29. The maximum absolute atomic E-state index is 9.63. The summed E-state index contributed by atoms with van der Waals surface area (Å²) in [5.41, 5.74) is 0. The number of anilines is 1. The molecule has 1 heterocycles. The van der Waals surface area contributed by atoms with Crippen LogP contribution in [0.25, 0.3) is 0 Å². The molecule has 0 spiro atoms. The molecular weight excluding hydrogens is 194 g/mol. The van der Waals surface area contributed by atoms with Crippen LogP contribution in [0.4, 0.5) is 5.95 Å². The Hall–Kier alpha value is -1.36. The molecule has 1 aromatic rings. The number of ether oxygens (including phenoxy) is 1. The Kier molecular flexibility index (Phi) is 3.01. The topological polar surface area (TPSA) is 67.3 Å². The summed E-state index contributed by atoms with van der Waals surface area (Å²) < 4.78 is 4.97. The summed E-state index contributed by atoms with van der Waals surface area (Å²) in [5.74, 6) is 1.48. The van der Waals surface area contributed by atoms with Gasteiger partial charge in [-0.2, -0.15) is 4.98 Å². The van der Waals surface area contributed by atoms with Crippen molar-refractivity contribution in [2.45, 2.75) is 18.9 Å². The van der Waals surface area contributed by atoms with Gasteiger partial charge in [-0.25, -0.2) is 4.98 Å². The maximum Gasteiger partial charge on any atom is 0.226 e. The van der Waals surface area contributed by atoms with E-state index in [1.807, 2.05) is 0 Å². The molecule has 0 amide bonds. The van der Waals surface area contributed by atoms with Crippen molar-refractivity contribution in [2.24, 2.45) is 5.92 Å². The molecule has 15 heavy (non-hydrogen) atoms. The van der Waals surface area contributed by atoms with Crippen LogP contribution in [-0.2, 0) is 0 Å². The third-order valence-electron chi connectivity index (χ3n) is 2.47. The molecule has 1 aliphatic rings. The first-order valence-electron chi connectivity index (χ1n) is 5.08. The summed E-state index contributed by atoms with van der Waals surface area (Å²) in [6.07, 6.45) is 3.58. The van der Waals surface area contributed by atoms with Gasteiger partial charge in [0.15, 0.2) is 0 Å². The number of rotatable bonds is 5. The van der Waals surface area contributed by atoms with Crippen LogP contribution >= 0.6 is 0 Å². The Balaban J connectivity index is 1.86. The van der Waals surface area contributed by atoms with Crippen molar-refractivity contribution in [1.82, 2.24) is 9.97 Å². The number of hydrogen-bond acceptors (Lipinski definition) is 5. The van der Waals surface area contributed by atoms with Gasteiger partial charge in [-0.05, 0) is 18.8 Å². The molecule has 2 N–H and O–H groups in total. The van der Waals surface area contributed by atoms with Gasteiger partial charge in [-0.1, -0.05) is 0 Å². The zero-order valence-corrected chi connectivity index (χ0v) is 8.68. The lowest BCUT2D eigenvalue weighted by molar-refractivity contribution is 0.164. The number of hydrogen-bond donors (Lipinski definition) is 2. The smallest absolute Gasteiger partial charge is 0.226 e. The zero-order chi connectivity index (χ0) is 10.7. The number of aliphatic hydroxyl groups excluding tert-OH is 1. The quantitative estimate of drug-likeness (QED) is 0.746. The highest BCUT2D eigenvalue weighted by atomic mass is 16.5. The summed E-state index contributed by atoms with van der Waals surface area (Å²) in [6, 6.07) is 1.68. The van der Waals surface area contributed by atoms with E-state index in [-0.39, 0.29) is 6.10 Å². The van der Waals surface area contributed by atoms with Crippen molar-refractivity contribution >= 4 is 5.95 Å². The maximum atomic E-state index is 9.63. The monoisotopic (exact) mass is 209 g/mol. The second-order valence-corrected chi connectivity index (χ2v) is 3.71. The molecule has 1 fully saturated rings. The molecule has 5 nitrogen and oxygen atoms in total. The third-order valence-corrected chi connectivity index (χ3v) is 2.47. The van der Waals surface area contributed by atoms with E-state index in [2.05, 4.69) is 15.3 Å². The Bertz CT molecular complexity index is 328. The SMILES string of the molecule is COc1ccnc(NCC(O)C2CC2)n1. The molecule has 0 aromatic carbocycles. The highest BCUT2D eigenvalue weighted by Gasteiger charge is 2.29. The lowest BCUT2D eigenvalue weighted by Crippen LogP contribution is -2.22. The van der Waals surface area contributed by atoms with E-state index in [0.29, 0.717) is 24.3 Å². The fourth-order valence-corrected chi connectivity index (χ4v) is 1.38. The Morgan fingerprint density at radius 2 is 2.47 bits per heavy atom. The predicted molar refractivity (Wildman–Crippen MR) is 55.8 cm³/mol. The van der Waals surface area contributed by atoms with Crippen molar-refractivity contribution < 1.29 is 9.84 Å². The van der Waals surface area contributed by atoms with Gasteiger partial charge in [0.25, 0.3) is 0 Å². The summed E-state index contributed by atoms with van der Waals surface area (Å²) in [4.78, 5) is 8.11. The Labute approximate surface area is 88.5 Å². The largest absolute Gasteiger partial charge is 0.481 e. The van der Waals surface area contributed by atoms with Gasteiger partial charge >= 0.3 is 0 Å². The van der Waals surface area contributed by atoms with Crippen LogP contribution in [0, 0.1) is 5.92 Å². The van der Waals surface area contributed by atoms with Gasteiger partial charge in [0.05, 0.1) is 13.2 Å². The van der Waals surface area contributed by atoms with E-state index in [0.717, 1.165) is 12.8 Å². The predicted octanol–water partition coefficient (Wildman–Crippen LogP) is 0.668. The molecule has 5 heteroatoms. The van der Waals surface area contributed by atoms with Gasteiger partial charge in [-0.3, -0.25) is 0 Å².